The lowest BCUT2D eigenvalue weighted by Crippen LogP contribution is -1.98. The van der Waals surface area contributed by atoms with Crippen LogP contribution in [0.5, 0.6) is 5.75 Å². The number of nitriles is 1. The first-order valence-electron chi connectivity index (χ1n) is 7.77. The maximum absolute atomic E-state index is 9.05. The van der Waals surface area contributed by atoms with Crippen molar-refractivity contribution in [2.45, 2.75) is 26.2 Å². The van der Waals surface area contributed by atoms with Gasteiger partial charge in [0, 0.05) is 34.8 Å². The Morgan fingerprint density at radius 2 is 2.12 bits per heavy atom. The van der Waals surface area contributed by atoms with E-state index in [-0.39, 0.29) is 0 Å². The molecule has 1 aromatic carbocycles. The topological polar surface area (TPSA) is 61.7 Å². The number of pyridine rings is 1. The third-order valence-electron chi connectivity index (χ3n) is 4.07. The van der Waals surface area contributed by atoms with Gasteiger partial charge in [0.05, 0.1) is 12.1 Å². The molecule has 122 valence electrons. The third kappa shape index (κ3) is 2.95. The van der Waals surface area contributed by atoms with Gasteiger partial charge >= 0.3 is 0 Å². The molecule has 1 N–H and O–H groups in total. The summed E-state index contributed by atoms with van der Waals surface area (Å²) < 4.78 is 5.31. The van der Waals surface area contributed by atoms with Crippen molar-refractivity contribution >= 4 is 22.5 Å². The molecule has 0 unspecified atom stereocenters. The number of halogens is 1. The molecule has 3 rings (SSSR count). The molecule has 0 aliphatic rings. The van der Waals surface area contributed by atoms with Crippen molar-refractivity contribution in [2.24, 2.45) is 0 Å². The van der Waals surface area contributed by atoms with Gasteiger partial charge in [0.15, 0.2) is 0 Å². The molecule has 0 saturated heterocycles. The average molecular weight is 340 g/mol. The zero-order chi connectivity index (χ0) is 17.3. The molecular weight excluding hydrogens is 322 g/mol. The van der Waals surface area contributed by atoms with E-state index in [1.807, 2.05) is 24.3 Å². The molecule has 0 fully saturated rings. The molecule has 3 aromatic rings. The standard InChI is InChI=1S/C19H18ClN3O/c1-11(2)19-15(7-12-5-4-6-13(10-21)22-12)14-8-16(20)18(24-3)9-17(14)23-19/h4-6,8-9,11,23H,7H2,1-3H3. The van der Waals surface area contributed by atoms with Crippen molar-refractivity contribution in [1.29, 1.82) is 5.26 Å². The molecule has 0 atom stereocenters. The number of hydrogen-bond acceptors (Lipinski definition) is 3. The van der Waals surface area contributed by atoms with E-state index in [1.54, 1.807) is 13.2 Å². The number of benzene rings is 1. The summed E-state index contributed by atoms with van der Waals surface area (Å²) in [6.07, 6.45) is 0.645. The molecular formula is C19H18ClN3O. The van der Waals surface area contributed by atoms with Crippen molar-refractivity contribution in [3.05, 3.63) is 58.0 Å². The van der Waals surface area contributed by atoms with E-state index in [0.29, 0.717) is 28.8 Å². The second-order valence-electron chi connectivity index (χ2n) is 6.01. The summed E-state index contributed by atoms with van der Waals surface area (Å²) in [6.45, 7) is 4.29. The summed E-state index contributed by atoms with van der Waals surface area (Å²) in [4.78, 5) is 7.88. The maximum Gasteiger partial charge on any atom is 0.140 e. The molecule has 2 aromatic heterocycles. The van der Waals surface area contributed by atoms with Crippen LogP contribution in [0.4, 0.5) is 0 Å². The van der Waals surface area contributed by atoms with E-state index in [9.17, 15) is 0 Å². The second kappa shape index (κ2) is 6.54. The van der Waals surface area contributed by atoms with Gasteiger partial charge in [-0.05, 0) is 29.7 Å². The van der Waals surface area contributed by atoms with Gasteiger partial charge < -0.3 is 9.72 Å². The first-order valence-corrected chi connectivity index (χ1v) is 8.15. The lowest BCUT2D eigenvalue weighted by atomic mass is 9.99. The lowest BCUT2D eigenvalue weighted by molar-refractivity contribution is 0.415. The van der Waals surface area contributed by atoms with E-state index >= 15 is 0 Å². The van der Waals surface area contributed by atoms with Gasteiger partial charge in [-0.3, -0.25) is 0 Å². The summed E-state index contributed by atoms with van der Waals surface area (Å²) in [5.74, 6) is 0.980. The van der Waals surface area contributed by atoms with Crippen LogP contribution in [0.1, 0.15) is 42.4 Å². The minimum absolute atomic E-state index is 0.330. The summed E-state index contributed by atoms with van der Waals surface area (Å²) >= 11 is 6.32. The van der Waals surface area contributed by atoms with Gasteiger partial charge in [0.25, 0.3) is 0 Å². The van der Waals surface area contributed by atoms with Gasteiger partial charge in [0.2, 0.25) is 0 Å². The highest BCUT2D eigenvalue weighted by atomic mass is 35.5. The monoisotopic (exact) mass is 339 g/mol. The summed E-state index contributed by atoms with van der Waals surface area (Å²) in [5, 5.41) is 10.7. The Morgan fingerprint density at radius 3 is 2.79 bits per heavy atom. The number of aromatic amines is 1. The first kappa shape index (κ1) is 16.4. The Labute approximate surface area is 146 Å². The number of aromatic nitrogens is 2. The largest absolute Gasteiger partial charge is 0.495 e. The molecule has 0 aliphatic carbocycles. The molecule has 2 heterocycles. The van der Waals surface area contributed by atoms with Crippen LogP contribution < -0.4 is 4.74 Å². The van der Waals surface area contributed by atoms with Crippen LogP contribution in [0, 0.1) is 11.3 Å². The highest BCUT2D eigenvalue weighted by Crippen LogP contribution is 2.35. The number of ether oxygens (including phenoxy) is 1. The third-order valence-corrected chi connectivity index (χ3v) is 4.36. The van der Waals surface area contributed by atoms with Gasteiger partial charge in [-0.15, -0.1) is 0 Å². The zero-order valence-electron chi connectivity index (χ0n) is 13.9. The van der Waals surface area contributed by atoms with Crippen LogP contribution in [0.25, 0.3) is 10.9 Å². The Bertz CT molecular complexity index is 938. The van der Waals surface area contributed by atoms with Crippen molar-refractivity contribution in [3.63, 3.8) is 0 Å². The van der Waals surface area contributed by atoms with Crippen molar-refractivity contribution in [3.8, 4) is 11.8 Å². The van der Waals surface area contributed by atoms with Crippen molar-refractivity contribution in [1.82, 2.24) is 9.97 Å². The van der Waals surface area contributed by atoms with Gasteiger partial charge in [0.1, 0.15) is 17.5 Å². The van der Waals surface area contributed by atoms with E-state index in [4.69, 9.17) is 21.6 Å². The van der Waals surface area contributed by atoms with E-state index in [0.717, 1.165) is 27.9 Å². The number of nitrogens with one attached hydrogen (secondary N) is 1. The van der Waals surface area contributed by atoms with Crippen LogP contribution in [-0.4, -0.2) is 17.1 Å². The van der Waals surface area contributed by atoms with Crippen molar-refractivity contribution < 1.29 is 4.74 Å². The smallest absolute Gasteiger partial charge is 0.140 e. The predicted molar refractivity (Wildman–Crippen MR) is 95.7 cm³/mol. The molecule has 4 nitrogen and oxygen atoms in total. The lowest BCUT2D eigenvalue weighted by Gasteiger charge is -2.08. The molecule has 24 heavy (non-hydrogen) atoms. The summed E-state index contributed by atoms with van der Waals surface area (Å²) in [7, 11) is 1.61. The Kier molecular flexibility index (Phi) is 4.46. The number of hydrogen-bond donors (Lipinski definition) is 1. The maximum atomic E-state index is 9.05. The highest BCUT2D eigenvalue weighted by Gasteiger charge is 2.17. The van der Waals surface area contributed by atoms with Gasteiger partial charge in [-0.2, -0.15) is 5.26 Å². The zero-order valence-corrected chi connectivity index (χ0v) is 14.6. The summed E-state index contributed by atoms with van der Waals surface area (Å²) in [5.41, 5.74) is 4.60. The number of fused-ring (bicyclic) bond motifs is 1. The van der Waals surface area contributed by atoms with Crippen LogP contribution in [-0.2, 0) is 6.42 Å². The Morgan fingerprint density at radius 1 is 1.33 bits per heavy atom. The highest BCUT2D eigenvalue weighted by molar-refractivity contribution is 6.32. The van der Waals surface area contributed by atoms with Crippen LogP contribution in [0.3, 0.4) is 0 Å². The predicted octanol–water partition coefficient (Wildman–Crippen LogP) is 4.81. The minimum atomic E-state index is 0.330. The van der Waals surface area contributed by atoms with E-state index < -0.39 is 0 Å². The Hall–Kier alpha value is -2.51. The summed E-state index contributed by atoms with van der Waals surface area (Å²) in [6, 6.07) is 11.5. The fraction of sp³-hybridized carbons (Fsp3) is 0.263. The molecule has 0 amide bonds. The molecule has 0 radical (unpaired) electrons. The van der Waals surface area contributed by atoms with Gasteiger partial charge in [-0.25, -0.2) is 4.98 Å². The second-order valence-corrected chi connectivity index (χ2v) is 6.41. The molecule has 5 heteroatoms. The number of H-pyrrole nitrogens is 1. The number of nitrogens with zero attached hydrogens (tertiary/aromatic N) is 2. The fourth-order valence-corrected chi connectivity index (χ4v) is 3.17. The van der Waals surface area contributed by atoms with Crippen LogP contribution in [0.15, 0.2) is 30.3 Å². The quantitative estimate of drug-likeness (QED) is 0.741. The van der Waals surface area contributed by atoms with Crippen LogP contribution >= 0.6 is 11.6 Å². The van der Waals surface area contributed by atoms with E-state index in [2.05, 4.69) is 29.9 Å². The Balaban J connectivity index is 2.15. The van der Waals surface area contributed by atoms with E-state index in [1.165, 1.54) is 0 Å². The number of methoxy groups -OCH3 is 1. The van der Waals surface area contributed by atoms with Gasteiger partial charge in [-0.1, -0.05) is 31.5 Å². The first-order chi connectivity index (χ1) is 11.5. The normalized spacial score (nSPS) is 11.0. The molecule has 0 bridgehead atoms. The number of rotatable bonds is 4. The average Bonchev–Trinajstić information content (AvgIpc) is 2.92. The molecule has 0 spiro atoms. The SMILES string of the molecule is COc1cc2[nH]c(C(C)C)c(Cc3cccc(C#N)n3)c2cc1Cl. The molecule has 0 aliphatic heterocycles. The van der Waals surface area contributed by atoms with Crippen molar-refractivity contribution in [2.75, 3.05) is 7.11 Å². The fourth-order valence-electron chi connectivity index (χ4n) is 2.93. The van der Waals surface area contributed by atoms with Crippen LogP contribution in [0.2, 0.25) is 5.02 Å². The minimum Gasteiger partial charge on any atom is -0.495 e. The molecule has 0 saturated carbocycles.